The van der Waals surface area contributed by atoms with Gasteiger partial charge in [-0.05, 0) is 17.7 Å². The summed E-state index contributed by atoms with van der Waals surface area (Å²) in [4.78, 5) is 2.55. The number of ether oxygens (including phenoxy) is 1. The molecule has 0 spiro atoms. The molecule has 0 aromatic carbocycles. The van der Waals surface area contributed by atoms with Crippen molar-refractivity contribution in [2.75, 3.05) is 26.3 Å². The number of fused-ring (bicyclic) bond motifs is 5. The maximum absolute atomic E-state index is 13.5. The van der Waals surface area contributed by atoms with E-state index in [2.05, 4.69) is 10.1 Å². The molecule has 1 saturated heterocycles. The van der Waals surface area contributed by atoms with E-state index in [0.29, 0.717) is 61.9 Å². The van der Waals surface area contributed by atoms with Crippen molar-refractivity contribution in [1.29, 1.82) is 0 Å². The molecule has 2 aliphatic carbocycles. The van der Waals surface area contributed by atoms with Crippen molar-refractivity contribution in [3.05, 3.63) is 21.8 Å². The molecule has 3 heterocycles. The highest BCUT2D eigenvalue weighted by atomic mass is 16.8. The van der Waals surface area contributed by atoms with Crippen LogP contribution in [0.2, 0.25) is 0 Å². The summed E-state index contributed by atoms with van der Waals surface area (Å²) in [6, 6.07) is 0. The molecule has 9 heteroatoms. The second-order valence-electron chi connectivity index (χ2n) is 7.51. The predicted molar refractivity (Wildman–Crippen MR) is 83.4 cm³/mol. The van der Waals surface area contributed by atoms with Crippen molar-refractivity contribution < 1.29 is 24.1 Å². The molecular weight excluding hydrogens is 328 g/mol. The van der Waals surface area contributed by atoms with Crippen LogP contribution in [0.5, 0.6) is 0 Å². The van der Waals surface area contributed by atoms with Gasteiger partial charge in [0.2, 0.25) is 22.7 Å². The number of rotatable bonds is 1. The van der Waals surface area contributed by atoms with Crippen LogP contribution in [0, 0.1) is 16.3 Å². The minimum Gasteiger partial charge on any atom is -0.622 e. The first-order valence-electron chi connectivity index (χ1n) is 9.08. The molecule has 0 bridgehead atoms. The highest BCUT2D eigenvalue weighted by molar-refractivity contribution is 5.92. The first kappa shape index (κ1) is 15.5. The molecule has 1 aromatic rings. The number of hydrogen-bond donors (Lipinski definition) is 1. The standard InChI is InChI=1S/C16H22N4O5/c21-16-12-3-1-2-6-15(12,18-7-9-24-10-8-18)19(22)13(16)5-4-11-14(16)17-25-20(11)23/h12,21H,1-10H2/t12-,15+,16+/m0/s1. The van der Waals surface area contributed by atoms with Crippen molar-refractivity contribution in [2.45, 2.75) is 49.8 Å². The highest BCUT2D eigenvalue weighted by Gasteiger charge is 2.73. The van der Waals surface area contributed by atoms with Crippen LogP contribution in [-0.4, -0.2) is 57.6 Å². The Morgan fingerprint density at radius 2 is 2.00 bits per heavy atom. The molecule has 25 heavy (non-hydrogen) atoms. The fraction of sp³-hybridized carbons (Fsp3) is 0.812. The lowest BCUT2D eigenvalue weighted by atomic mass is 9.66. The lowest BCUT2D eigenvalue weighted by Crippen LogP contribution is -2.63. The van der Waals surface area contributed by atoms with E-state index in [4.69, 9.17) is 9.37 Å². The molecule has 136 valence electrons. The topological polar surface area (TPSA) is 112 Å². The molecule has 3 atom stereocenters. The first-order valence-corrected chi connectivity index (χ1v) is 9.08. The van der Waals surface area contributed by atoms with Crippen LogP contribution in [0.25, 0.3) is 0 Å². The lowest BCUT2D eigenvalue weighted by Gasteiger charge is -2.47. The van der Waals surface area contributed by atoms with Crippen LogP contribution in [0.3, 0.4) is 0 Å². The molecule has 5 rings (SSSR count). The summed E-state index contributed by atoms with van der Waals surface area (Å²) in [6.45, 7) is 2.52. The van der Waals surface area contributed by atoms with Crippen molar-refractivity contribution in [3.63, 3.8) is 0 Å². The Bertz CT molecular complexity index is 743. The molecule has 0 radical (unpaired) electrons. The molecule has 1 N–H and O–H groups in total. The zero-order valence-electron chi connectivity index (χ0n) is 14.0. The average Bonchev–Trinajstić information content (AvgIpc) is 3.12. The number of hydrogen-bond acceptors (Lipinski definition) is 7. The fourth-order valence-electron chi connectivity index (χ4n) is 5.57. The Kier molecular flexibility index (Phi) is 3.20. The van der Waals surface area contributed by atoms with Gasteiger partial charge in [0, 0.05) is 37.5 Å². The first-order chi connectivity index (χ1) is 12.1. The number of morpholine rings is 1. The summed E-state index contributed by atoms with van der Waals surface area (Å²) in [5, 5.41) is 41.0. The summed E-state index contributed by atoms with van der Waals surface area (Å²) in [5.74, 6) is -0.316. The van der Waals surface area contributed by atoms with Gasteiger partial charge in [-0.1, -0.05) is 6.42 Å². The minimum atomic E-state index is -1.51. The maximum Gasteiger partial charge on any atom is 0.263 e. The summed E-state index contributed by atoms with van der Waals surface area (Å²) < 4.78 is 11.3. The van der Waals surface area contributed by atoms with Crippen molar-refractivity contribution in [3.8, 4) is 0 Å². The molecule has 0 amide bonds. The second-order valence-corrected chi connectivity index (χ2v) is 7.51. The molecule has 0 unspecified atom stereocenters. The predicted octanol–water partition coefficient (Wildman–Crippen LogP) is -0.375. The molecule has 1 saturated carbocycles. The van der Waals surface area contributed by atoms with Gasteiger partial charge in [-0.3, -0.25) is 4.63 Å². The van der Waals surface area contributed by atoms with E-state index in [0.717, 1.165) is 24.0 Å². The van der Waals surface area contributed by atoms with E-state index in [1.165, 1.54) is 0 Å². The smallest absolute Gasteiger partial charge is 0.263 e. The van der Waals surface area contributed by atoms with Gasteiger partial charge in [-0.15, -0.1) is 0 Å². The zero-order chi connectivity index (χ0) is 17.2. The van der Waals surface area contributed by atoms with Crippen molar-refractivity contribution >= 4 is 5.71 Å². The number of aromatic nitrogens is 2. The average molecular weight is 350 g/mol. The second kappa shape index (κ2) is 5.15. The normalized spacial score (nSPS) is 38.4. The zero-order valence-corrected chi connectivity index (χ0v) is 14.0. The van der Waals surface area contributed by atoms with Gasteiger partial charge in [0.15, 0.2) is 0 Å². The van der Waals surface area contributed by atoms with Crippen LogP contribution in [0.15, 0.2) is 4.63 Å². The number of nitrogens with zero attached hydrogens (tertiary/aromatic N) is 4. The van der Waals surface area contributed by atoms with Gasteiger partial charge in [-0.2, -0.15) is 4.74 Å². The monoisotopic (exact) mass is 350 g/mol. The summed E-state index contributed by atoms with van der Waals surface area (Å²) >= 11 is 0. The molecule has 2 aliphatic heterocycles. The summed E-state index contributed by atoms with van der Waals surface area (Å²) in [7, 11) is 0. The van der Waals surface area contributed by atoms with Gasteiger partial charge in [-0.25, -0.2) is 4.90 Å². The van der Waals surface area contributed by atoms with E-state index in [1.54, 1.807) is 0 Å². The Morgan fingerprint density at radius 3 is 2.80 bits per heavy atom. The number of hydroxylamine groups is 1. The van der Waals surface area contributed by atoms with Gasteiger partial charge in [0.05, 0.1) is 19.1 Å². The van der Waals surface area contributed by atoms with Gasteiger partial charge < -0.3 is 20.3 Å². The van der Waals surface area contributed by atoms with Crippen LogP contribution < -0.4 is 4.90 Å². The van der Waals surface area contributed by atoms with Crippen molar-refractivity contribution in [2.24, 2.45) is 5.92 Å². The largest absolute Gasteiger partial charge is 0.622 e. The minimum absolute atomic E-state index is 0.242. The van der Waals surface area contributed by atoms with Crippen LogP contribution in [0.4, 0.5) is 0 Å². The Balaban J connectivity index is 1.70. The van der Waals surface area contributed by atoms with E-state index in [1.807, 2.05) is 0 Å². The fourth-order valence-corrected chi connectivity index (χ4v) is 5.57. The molecule has 2 fully saturated rings. The highest BCUT2D eigenvalue weighted by Crippen LogP contribution is 2.55. The molecule has 9 nitrogen and oxygen atoms in total. The summed E-state index contributed by atoms with van der Waals surface area (Å²) in [6.07, 6.45) is 4.05. The van der Waals surface area contributed by atoms with Crippen molar-refractivity contribution in [1.82, 2.24) is 10.1 Å². The Hall–Kier alpha value is -1.71. The third-order valence-corrected chi connectivity index (χ3v) is 6.61. The maximum atomic E-state index is 13.5. The lowest BCUT2D eigenvalue weighted by molar-refractivity contribution is -0.808. The van der Waals surface area contributed by atoms with E-state index in [-0.39, 0.29) is 11.6 Å². The van der Waals surface area contributed by atoms with E-state index < -0.39 is 11.3 Å². The quantitative estimate of drug-likeness (QED) is 0.543. The third-order valence-electron chi connectivity index (χ3n) is 6.61. The van der Waals surface area contributed by atoms with Crippen LogP contribution >= 0.6 is 0 Å². The Labute approximate surface area is 144 Å². The molecule has 1 aromatic heterocycles. The van der Waals surface area contributed by atoms with Gasteiger partial charge in [0.25, 0.3) is 5.69 Å². The molecule has 4 aliphatic rings. The Morgan fingerprint density at radius 1 is 1.20 bits per heavy atom. The summed E-state index contributed by atoms with van der Waals surface area (Å²) in [5.41, 5.74) is -1.25. The van der Waals surface area contributed by atoms with Crippen LogP contribution in [-0.2, 0) is 16.8 Å². The number of aliphatic hydroxyl groups is 1. The van der Waals surface area contributed by atoms with Gasteiger partial charge >= 0.3 is 0 Å². The van der Waals surface area contributed by atoms with Crippen LogP contribution in [0.1, 0.15) is 43.5 Å². The third kappa shape index (κ3) is 1.76. The van der Waals surface area contributed by atoms with E-state index in [9.17, 15) is 15.5 Å². The SMILES string of the molecule is [O-][N+]1=C2CCc3c(no[n+]3[O-])[C@@]2(O)[C@H]2CCCC[C@]21N1CCOCC1. The van der Waals surface area contributed by atoms with Gasteiger partial charge in [0.1, 0.15) is 0 Å². The van der Waals surface area contributed by atoms with E-state index >= 15 is 0 Å². The molecular formula is C16H22N4O5.